The van der Waals surface area contributed by atoms with Crippen molar-refractivity contribution >= 4 is 58.1 Å². The highest BCUT2D eigenvalue weighted by molar-refractivity contribution is 6.36. The summed E-state index contributed by atoms with van der Waals surface area (Å²) in [4.78, 5) is 54.8. The molecule has 184 valence electrons. The molecule has 0 saturated carbocycles. The largest absolute Gasteiger partial charge is 0.351 e. The van der Waals surface area contributed by atoms with Gasteiger partial charge in [-0.3, -0.25) is 24.5 Å². The first kappa shape index (κ1) is 22.9. The maximum absolute atomic E-state index is 13.8. The molecule has 1 N–H and O–H groups in total. The van der Waals surface area contributed by atoms with E-state index in [0.717, 1.165) is 16.2 Å². The fourth-order valence-electron chi connectivity index (χ4n) is 5.57. The molecule has 9 nitrogen and oxygen atoms in total. The lowest BCUT2D eigenvalue weighted by molar-refractivity contribution is -0.384. The van der Waals surface area contributed by atoms with E-state index in [4.69, 9.17) is 11.6 Å². The number of carbonyl (C=O) groups excluding carboxylic acids is 3. The molecule has 0 aliphatic carbocycles. The van der Waals surface area contributed by atoms with E-state index >= 15 is 0 Å². The number of amides is 3. The third-order valence-corrected chi connectivity index (χ3v) is 7.44. The third-order valence-electron chi connectivity index (χ3n) is 7.12. The lowest BCUT2D eigenvalue weighted by atomic mass is 9.88. The summed E-state index contributed by atoms with van der Waals surface area (Å²) in [5.74, 6) is -3.14. The number of anilines is 3. The fourth-order valence-corrected chi connectivity index (χ4v) is 5.79. The van der Waals surface area contributed by atoms with Crippen LogP contribution in [-0.2, 0) is 14.4 Å². The van der Waals surface area contributed by atoms with Gasteiger partial charge in [0.1, 0.15) is 6.04 Å². The number of para-hydroxylation sites is 2. The number of nitrogens with zero attached hydrogens (tertiary/aromatic N) is 3. The van der Waals surface area contributed by atoms with Gasteiger partial charge in [0.2, 0.25) is 17.7 Å². The lowest BCUT2D eigenvalue weighted by Crippen LogP contribution is -2.50. The smallest absolute Gasteiger partial charge is 0.269 e. The predicted molar refractivity (Wildman–Crippen MR) is 138 cm³/mol. The van der Waals surface area contributed by atoms with Crippen LogP contribution in [0.2, 0.25) is 5.02 Å². The van der Waals surface area contributed by atoms with Crippen LogP contribution in [0, 0.1) is 22.0 Å². The number of nitrogens with one attached hydrogen (secondary N) is 1. The van der Waals surface area contributed by atoms with Gasteiger partial charge in [0.05, 0.1) is 33.5 Å². The maximum Gasteiger partial charge on any atom is 0.269 e. The van der Waals surface area contributed by atoms with Crippen molar-refractivity contribution < 1.29 is 19.3 Å². The number of imide groups is 1. The second-order valence-corrected chi connectivity index (χ2v) is 9.48. The van der Waals surface area contributed by atoms with Crippen LogP contribution in [0.15, 0.2) is 78.9 Å². The zero-order valence-corrected chi connectivity index (χ0v) is 19.9. The summed E-state index contributed by atoms with van der Waals surface area (Å²) < 4.78 is 0. The van der Waals surface area contributed by atoms with Crippen molar-refractivity contribution in [2.24, 2.45) is 11.8 Å². The van der Waals surface area contributed by atoms with Crippen LogP contribution in [0.5, 0.6) is 0 Å². The first-order chi connectivity index (χ1) is 17.9. The molecule has 4 atom stereocenters. The van der Waals surface area contributed by atoms with E-state index in [9.17, 15) is 24.5 Å². The number of benzene rings is 3. The summed E-state index contributed by atoms with van der Waals surface area (Å²) in [5.41, 5.74) is 2.14. The second kappa shape index (κ2) is 8.56. The summed E-state index contributed by atoms with van der Waals surface area (Å²) >= 11 is 6.34. The zero-order valence-electron chi connectivity index (χ0n) is 19.2. The topological polar surface area (TPSA) is 113 Å². The lowest BCUT2D eigenvalue weighted by Gasteiger charge is -2.36. The van der Waals surface area contributed by atoms with E-state index in [1.54, 1.807) is 24.3 Å². The van der Waals surface area contributed by atoms with Crippen molar-refractivity contribution in [2.75, 3.05) is 15.1 Å². The van der Waals surface area contributed by atoms with Crippen molar-refractivity contribution in [1.29, 1.82) is 0 Å². The Morgan fingerprint density at radius 1 is 0.892 bits per heavy atom. The quantitative estimate of drug-likeness (QED) is 0.316. The minimum Gasteiger partial charge on any atom is -0.351 e. The molecule has 6 rings (SSSR count). The van der Waals surface area contributed by atoms with Gasteiger partial charge in [0, 0.05) is 23.5 Å². The molecule has 0 spiro atoms. The number of fused-ring (bicyclic) bond motifs is 5. The minimum atomic E-state index is -1.000. The van der Waals surface area contributed by atoms with Gasteiger partial charge in [-0.25, -0.2) is 4.90 Å². The molecule has 0 bridgehead atoms. The van der Waals surface area contributed by atoms with Crippen molar-refractivity contribution in [3.8, 4) is 0 Å². The average molecular weight is 515 g/mol. The Bertz CT molecular complexity index is 1500. The van der Waals surface area contributed by atoms with E-state index in [1.165, 1.54) is 24.3 Å². The van der Waals surface area contributed by atoms with E-state index in [1.807, 2.05) is 41.3 Å². The number of hydrogen-bond acceptors (Lipinski definition) is 6. The molecule has 3 aromatic carbocycles. The molecule has 0 radical (unpaired) electrons. The van der Waals surface area contributed by atoms with Gasteiger partial charge >= 0.3 is 0 Å². The van der Waals surface area contributed by atoms with Gasteiger partial charge < -0.3 is 10.2 Å². The molecular weight excluding hydrogens is 496 g/mol. The highest BCUT2D eigenvalue weighted by Gasteiger charge is 2.64. The number of rotatable bonds is 4. The van der Waals surface area contributed by atoms with Gasteiger partial charge in [-0.2, -0.15) is 0 Å². The summed E-state index contributed by atoms with van der Waals surface area (Å²) in [6.07, 6.45) is 3.76. The normalized spacial score (nSPS) is 23.5. The van der Waals surface area contributed by atoms with Crippen LogP contribution in [-0.4, -0.2) is 34.7 Å². The van der Waals surface area contributed by atoms with Crippen LogP contribution in [0.25, 0.3) is 6.08 Å². The predicted octanol–water partition coefficient (Wildman–Crippen LogP) is 4.28. The fraction of sp³-hybridized carbons (Fsp3) is 0.148. The van der Waals surface area contributed by atoms with E-state index in [0.29, 0.717) is 5.69 Å². The number of carbonyl (C=O) groups is 3. The average Bonchev–Trinajstić information content (AvgIpc) is 3.37. The van der Waals surface area contributed by atoms with Gasteiger partial charge in [-0.05, 0) is 35.9 Å². The van der Waals surface area contributed by atoms with E-state index in [-0.39, 0.29) is 16.4 Å². The zero-order chi connectivity index (χ0) is 25.8. The standard InChI is InChI=1S/C27H19ClN4O5/c28-18-6-2-4-8-20(18)31-26(34)22-21-14-9-15-5-1-3-7-19(15)30(21)24(23(22)27(31)35)25(33)29-16-10-12-17(13-11-16)32(36)37/h1-14,21-24H,(H,29,33)/t21-,22+,23+,24-/m0/s1. The van der Waals surface area contributed by atoms with Crippen molar-refractivity contribution in [2.45, 2.75) is 12.1 Å². The van der Waals surface area contributed by atoms with Crippen molar-refractivity contribution in [1.82, 2.24) is 0 Å². The number of nitro benzene ring substituents is 1. The molecule has 37 heavy (non-hydrogen) atoms. The van der Waals surface area contributed by atoms with Gasteiger partial charge in [-0.1, -0.05) is 54.1 Å². The van der Waals surface area contributed by atoms with Crippen LogP contribution in [0.3, 0.4) is 0 Å². The number of halogens is 1. The second-order valence-electron chi connectivity index (χ2n) is 9.07. The minimum absolute atomic E-state index is 0.110. The van der Waals surface area contributed by atoms with Gasteiger partial charge in [0.15, 0.2) is 0 Å². The molecule has 2 saturated heterocycles. The molecule has 3 amide bonds. The van der Waals surface area contributed by atoms with Crippen LogP contribution >= 0.6 is 11.6 Å². The Kier molecular flexibility index (Phi) is 5.31. The Morgan fingerprint density at radius 2 is 1.54 bits per heavy atom. The molecule has 10 heteroatoms. The van der Waals surface area contributed by atoms with Gasteiger partial charge in [-0.15, -0.1) is 0 Å². The molecule has 0 unspecified atom stereocenters. The third kappa shape index (κ3) is 3.50. The molecule has 2 fully saturated rings. The number of hydrogen-bond donors (Lipinski definition) is 1. The first-order valence-corrected chi connectivity index (χ1v) is 12.0. The molecule has 3 aliphatic heterocycles. The summed E-state index contributed by atoms with van der Waals surface area (Å²) in [5, 5.41) is 14.1. The van der Waals surface area contributed by atoms with Gasteiger partial charge in [0.25, 0.3) is 5.69 Å². The monoisotopic (exact) mass is 514 g/mol. The molecule has 3 aliphatic rings. The van der Waals surface area contributed by atoms with Crippen LogP contribution < -0.4 is 15.1 Å². The van der Waals surface area contributed by atoms with E-state index < -0.39 is 46.6 Å². The molecule has 3 aromatic rings. The highest BCUT2D eigenvalue weighted by atomic mass is 35.5. The van der Waals surface area contributed by atoms with E-state index in [2.05, 4.69) is 5.32 Å². The molecule has 0 aromatic heterocycles. The Hall–Kier alpha value is -4.50. The van der Waals surface area contributed by atoms with Crippen LogP contribution in [0.1, 0.15) is 5.56 Å². The Morgan fingerprint density at radius 3 is 2.24 bits per heavy atom. The summed E-state index contributed by atoms with van der Waals surface area (Å²) in [6, 6.07) is 18.0. The number of non-ortho nitro benzene ring substituents is 1. The van der Waals surface area contributed by atoms with Crippen molar-refractivity contribution in [3.63, 3.8) is 0 Å². The Labute approximate surface area is 216 Å². The SMILES string of the molecule is O=C(Nc1ccc([N+](=O)[O-])cc1)[C@@H]1[C@@H]2C(=O)N(c3ccccc3Cl)C(=O)[C@@H]2[C@@H]2C=Cc3ccccc3N12. The molecular formula is C27H19ClN4O5. The Balaban J connectivity index is 1.42. The van der Waals surface area contributed by atoms with Crippen molar-refractivity contribution in [3.05, 3.63) is 99.6 Å². The summed E-state index contributed by atoms with van der Waals surface area (Å²) in [7, 11) is 0. The number of nitro groups is 1. The van der Waals surface area contributed by atoms with Crippen LogP contribution in [0.4, 0.5) is 22.7 Å². The highest BCUT2D eigenvalue weighted by Crippen LogP contribution is 2.49. The maximum atomic E-state index is 13.8. The first-order valence-electron chi connectivity index (χ1n) is 11.6. The molecule has 3 heterocycles. The summed E-state index contributed by atoms with van der Waals surface area (Å²) in [6.45, 7) is 0.